The summed E-state index contributed by atoms with van der Waals surface area (Å²) in [6.45, 7) is 2.85. The first-order valence-electron chi connectivity index (χ1n) is 4.32. The van der Waals surface area contributed by atoms with E-state index in [0.717, 1.165) is 0 Å². The van der Waals surface area contributed by atoms with Crippen LogP contribution >= 0.6 is 0 Å². The van der Waals surface area contributed by atoms with Crippen molar-refractivity contribution in [3.8, 4) is 11.5 Å². The largest absolute Gasteiger partial charge is 0.451 e. The van der Waals surface area contributed by atoms with Crippen LogP contribution in [-0.4, -0.2) is 0 Å². The molecule has 1 heterocycles. The summed E-state index contributed by atoms with van der Waals surface area (Å²) in [4.78, 5) is 0. The van der Waals surface area contributed by atoms with Gasteiger partial charge in [0, 0.05) is 0 Å². The molecule has 0 saturated heterocycles. The molecule has 0 amide bonds. The second kappa shape index (κ2) is 3.40. The summed E-state index contributed by atoms with van der Waals surface area (Å²) in [5, 5.41) is 0. The van der Waals surface area contributed by atoms with Crippen LogP contribution in [0.1, 0.15) is 13.8 Å². The Balaban J connectivity index is 2.70. The second-order valence-corrected chi connectivity index (χ2v) is 3.23. The Morgan fingerprint density at radius 2 is 0.938 bits per heavy atom. The first-order valence-corrected chi connectivity index (χ1v) is 4.32. The van der Waals surface area contributed by atoms with Crippen LogP contribution in [0.3, 0.4) is 0 Å². The molecule has 1 aliphatic heterocycles. The molecule has 1 aromatic rings. The summed E-state index contributed by atoms with van der Waals surface area (Å²) in [5.41, 5.74) is 0. The molecular weight excluding hydrogens is 228 g/mol. The van der Waals surface area contributed by atoms with Crippen LogP contribution in [0, 0.1) is 23.3 Å². The van der Waals surface area contributed by atoms with E-state index >= 15 is 0 Å². The molecule has 0 aliphatic carbocycles. The van der Waals surface area contributed by atoms with Crippen molar-refractivity contribution in [1.82, 2.24) is 0 Å². The minimum atomic E-state index is -1.92. The van der Waals surface area contributed by atoms with Crippen LogP contribution in [-0.2, 0) is 0 Å². The standard InChI is InChI=1S/C10H6F4O2/c1-3-4(2)16-10-8(14)6(12)5(11)7(13)9(10)15-3/h1-2H3. The molecular formula is C10H6F4O2. The maximum atomic E-state index is 13.2. The highest BCUT2D eigenvalue weighted by Crippen LogP contribution is 2.41. The minimum absolute atomic E-state index is 0.150. The number of allylic oxidation sites excluding steroid dienone is 2. The molecule has 6 heteroatoms. The summed E-state index contributed by atoms with van der Waals surface area (Å²) < 4.78 is 61.8. The van der Waals surface area contributed by atoms with Crippen LogP contribution in [0.15, 0.2) is 11.5 Å². The SMILES string of the molecule is CC1=C(C)Oc2c(F)c(F)c(F)c(F)c2O1. The number of benzene rings is 1. The molecule has 16 heavy (non-hydrogen) atoms. The predicted octanol–water partition coefficient (Wildman–Crippen LogP) is 3.27. The van der Waals surface area contributed by atoms with Crippen molar-refractivity contribution in [3.05, 3.63) is 34.8 Å². The van der Waals surface area contributed by atoms with E-state index in [0.29, 0.717) is 0 Å². The van der Waals surface area contributed by atoms with E-state index in [-0.39, 0.29) is 11.5 Å². The Kier molecular flexibility index (Phi) is 2.29. The highest BCUT2D eigenvalue weighted by Gasteiger charge is 2.31. The third kappa shape index (κ3) is 1.33. The van der Waals surface area contributed by atoms with E-state index < -0.39 is 34.8 Å². The number of rotatable bonds is 0. The number of ether oxygens (including phenoxy) is 2. The Bertz CT molecular complexity index is 463. The van der Waals surface area contributed by atoms with Gasteiger partial charge in [0.25, 0.3) is 0 Å². The maximum Gasteiger partial charge on any atom is 0.211 e. The molecule has 0 radical (unpaired) electrons. The fraction of sp³-hybridized carbons (Fsp3) is 0.200. The number of halogens is 4. The highest BCUT2D eigenvalue weighted by molar-refractivity contribution is 5.47. The topological polar surface area (TPSA) is 18.5 Å². The van der Waals surface area contributed by atoms with Gasteiger partial charge < -0.3 is 9.47 Å². The summed E-state index contributed by atoms with van der Waals surface area (Å²) >= 11 is 0. The molecule has 0 atom stereocenters. The molecule has 1 aromatic carbocycles. The van der Waals surface area contributed by atoms with Crippen molar-refractivity contribution >= 4 is 0 Å². The van der Waals surface area contributed by atoms with Crippen molar-refractivity contribution in [2.45, 2.75) is 13.8 Å². The molecule has 0 bridgehead atoms. The third-order valence-electron chi connectivity index (χ3n) is 2.19. The van der Waals surface area contributed by atoms with E-state index in [4.69, 9.17) is 9.47 Å². The zero-order chi connectivity index (χ0) is 12.0. The molecule has 2 nitrogen and oxygen atoms in total. The van der Waals surface area contributed by atoms with Crippen molar-refractivity contribution in [1.29, 1.82) is 0 Å². The minimum Gasteiger partial charge on any atom is -0.451 e. The summed E-state index contributed by atoms with van der Waals surface area (Å²) in [7, 11) is 0. The van der Waals surface area contributed by atoms with Gasteiger partial charge in [-0.15, -0.1) is 0 Å². The van der Waals surface area contributed by atoms with Gasteiger partial charge in [-0.1, -0.05) is 0 Å². The van der Waals surface area contributed by atoms with Gasteiger partial charge in [0.05, 0.1) is 0 Å². The van der Waals surface area contributed by atoms with Gasteiger partial charge in [-0.2, -0.15) is 8.78 Å². The predicted molar refractivity (Wildman–Crippen MR) is 45.9 cm³/mol. The third-order valence-corrected chi connectivity index (χ3v) is 2.19. The zero-order valence-electron chi connectivity index (χ0n) is 8.33. The van der Waals surface area contributed by atoms with Crippen LogP contribution in [0.25, 0.3) is 0 Å². The lowest BCUT2D eigenvalue weighted by molar-refractivity contribution is 0.256. The molecule has 0 spiro atoms. The van der Waals surface area contributed by atoms with Crippen molar-refractivity contribution < 1.29 is 27.0 Å². The fourth-order valence-electron chi connectivity index (χ4n) is 1.22. The first-order chi connectivity index (χ1) is 7.43. The molecule has 0 unspecified atom stereocenters. The van der Waals surface area contributed by atoms with Crippen LogP contribution < -0.4 is 9.47 Å². The average Bonchev–Trinajstić information content (AvgIpc) is 2.26. The van der Waals surface area contributed by atoms with E-state index in [2.05, 4.69) is 0 Å². The highest BCUT2D eigenvalue weighted by atomic mass is 19.2. The van der Waals surface area contributed by atoms with Gasteiger partial charge in [-0.3, -0.25) is 0 Å². The van der Waals surface area contributed by atoms with E-state index in [1.54, 1.807) is 0 Å². The molecule has 0 saturated carbocycles. The normalized spacial score (nSPS) is 14.4. The van der Waals surface area contributed by atoms with Gasteiger partial charge in [-0.25, -0.2) is 8.78 Å². The van der Waals surface area contributed by atoms with Crippen molar-refractivity contribution in [3.63, 3.8) is 0 Å². The Labute approximate surface area is 88.1 Å². The molecule has 1 aliphatic rings. The number of fused-ring (bicyclic) bond motifs is 1. The summed E-state index contributed by atoms with van der Waals surface area (Å²) in [6, 6.07) is 0. The molecule has 0 fully saturated rings. The number of hydrogen-bond acceptors (Lipinski definition) is 2. The summed E-state index contributed by atoms with van der Waals surface area (Å²) in [5.74, 6) is -8.33. The van der Waals surface area contributed by atoms with Gasteiger partial charge in [0.1, 0.15) is 11.5 Å². The van der Waals surface area contributed by atoms with Crippen LogP contribution in [0.2, 0.25) is 0 Å². The van der Waals surface area contributed by atoms with E-state index in [1.165, 1.54) is 13.8 Å². The molecule has 86 valence electrons. The van der Waals surface area contributed by atoms with Gasteiger partial charge in [-0.05, 0) is 13.8 Å². The lowest BCUT2D eigenvalue weighted by Crippen LogP contribution is -2.13. The van der Waals surface area contributed by atoms with Gasteiger partial charge in [0.2, 0.25) is 34.8 Å². The molecule has 0 N–H and O–H groups in total. The molecule has 0 aromatic heterocycles. The maximum absolute atomic E-state index is 13.2. The van der Waals surface area contributed by atoms with Gasteiger partial charge >= 0.3 is 0 Å². The first kappa shape index (κ1) is 10.8. The quantitative estimate of drug-likeness (QED) is 0.389. The van der Waals surface area contributed by atoms with E-state index in [9.17, 15) is 17.6 Å². The van der Waals surface area contributed by atoms with E-state index in [1.807, 2.05) is 0 Å². The average molecular weight is 234 g/mol. The Morgan fingerprint density at radius 1 is 0.625 bits per heavy atom. The lowest BCUT2D eigenvalue weighted by atomic mass is 10.2. The lowest BCUT2D eigenvalue weighted by Gasteiger charge is -2.21. The van der Waals surface area contributed by atoms with Crippen LogP contribution in [0.5, 0.6) is 11.5 Å². The number of hydrogen-bond donors (Lipinski definition) is 0. The van der Waals surface area contributed by atoms with Crippen molar-refractivity contribution in [2.75, 3.05) is 0 Å². The molecule has 2 rings (SSSR count). The zero-order valence-corrected chi connectivity index (χ0v) is 8.33. The Hall–Kier alpha value is -1.72. The summed E-state index contributed by atoms with van der Waals surface area (Å²) in [6.07, 6.45) is 0. The van der Waals surface area contributed by atoms with Gasteiger partial charge in [0.15, 0.2) is 0 Å². The monoisotopic (exact) mass is 234 g/mol. The fourth-order valence-corrected chi connectivity index (χ4v) is 1.22. The smallest absolute Gasteiger partial charge is 0.211 e. The van der Waals surface area contributed by atoms with Crippen molar-refractivity contribution in [2.24, 2.45) is 0 Å². The second-order valence-electron chi connectivity index (χ2n) is 3.23. The van der Waals surface area contributed by atoms with Crippen LogP contribution in [0.4, 0.5) is 17.6 Å². The Morgan fingerprint density at radius 3 is 1.25 bits per heavy atom.